The van der Waals surface area contributed by atoms with Gasteiger partial charge in [0.25, 0.3) is 0 Å². The first-order valence-corrected chi connectivity index (χ1v) is 6.43. The Balaban J connectivity index is 1.90. The second-order valence-corrected chi connectivity index (χ2v) is 4.97. The van der Waals surface area contributed by atoms with Crippen LogP contribution in [0.2, 0.25) is 10.3 Å². The smallest absolute Gasteiger partial charge is 0.224 e. The van der Waals surface area contributed by atoms with E-state index in [0.717, 1.165) is 12.5 Å². The third kappa shape index (κ3) is 3.22. The van der Waals surface area contributed by atoms with Crippen LogP contribution in [0.25, 0.3) is 0 Å². The zero-order valence-electron chi connectivity index (χ0n) is 9.05. The SMILES string of the molecule is Clc1ncc(Cl)c(NCC2CCCCC2)n1. The molecule has 0 aromatic carbocycles. The molecule has 1 heterocycles. The monoisotopic (exact) mass is 259 g/mol. The summed E-state index contributed by atoms with van der Waals surface area (Å²) in [6.07, 6.45) is 8.17. The molecule has 0 aliphatic heterocycles. The van der Waals surface area contributed by atoms with Gasteiger partial charge >= 0.3 is 0 Å². The van der Waals surface area contributed by atoms with E-state index in [1.165, 1.54) is 38.3 Å². The molecule has 2 rings (SSSR count). The van der Waals surface area contributed by atoms with Gasteiger partial charge in [-0.15, -0.1) is 0 Å². The molecule has 0 radical (unpaired) electrons. The van der Waals surface area contributed by atoms with Crippen LogP contribution in [-0.2, 0) is 0 Å². The number of hydrogen-bond donors (Lipinski definition) is 1. The Morgan fingerprint density at radius 1 is 1.25 bits per heavy atom. The number of nitrogens with zero attached hydrogens (tertiary/aromatic N) is 2. The van der Waals surface area contributed by atoms with Gasteiger partial charge in [-0.3, -0.25) is 0 Å². The van der Waals surface area contributed by atoms with Gasteiger partial charge in [0.1, 0.15) is 10.8 Å². The number of aromatic nitrogens is 2. The van der Waals surface area contributed by atoms with Crippen molar-refractivity contribution in [3.05, 3.63) is 16.5 Å². The summed E-state index contributed by atoms with van der Waals surface area (Å²) in [5.41, 5.74) is 0. The van der Waals surface area contributed by atoms with Gasteiger partial charge in [0.2, 0.25) is 5.28 Å². The van der Waals surface area contributed by atoms with Gasteiger partial charge in [0.05, 0.1) is 6.20 Å². The largest absolute Gasteiger partial charge is 0.368 e. The second-order valence-electron chi connectivity index (χ2n) is 4.22. The summed E-state index contributed by atoms with van der Waals surface area (Å²) < 4.78 is 0. The van der Waals surface area contributed by atoms with Crippen molar-refractivity contribution in [2.75, 3.05) is 11.9 Å². The van der Waals surface area contributed by atoms with Crippen molar-refractivity contribution in [3.63, 3.8) is 0 Å². The molecular formula is C11H15Cl2N3. The van der Waals surface area contributed by atoms with Crippen molar-refractivity contribution in [3.8, 4) is 0 Å². The van der Waals surface area contributed by atoms with Crippen LogP contribution in [0.5, 0.6) is 0 Å². The summed E-state index contributed by atoms with van der Waals surface area (Å²) >= 11 is 11.7. The lowest BCUT2D eigenvalue weighted by atomic mass is 9.89. The van der Waals surface area contributed by atoms with Crippen LogP contribution in [0.1, 0.15) is 32.1 Å². The van der Waals surface area contributed by atoms with Crippen LogP contribution in [0.3, 0.4) is 0 Å². The Morgan fingerprint density at radius 3 is 2.75 bits per heavy atom. The van der Waals surface area contributed by atoms with Crippen molar-refractivity contribution in [2.45, 2.75) is 32.1 Å². The van der Waals surface area contributed by atoms with Gasteiger partial charge in [0, 0.05) is 6.54 Å². The molecule has 0 saturated heterocycles. The standard InChI is InChI=1S/C11H15Cl2N3/c12-9-7-15-11(13)16-10(9)14-6-8-4-2-1-3-5-8/h7-8H,1-6H2,(H,14,15,16). The summed E-state index contributed by atoms with van der Waals surface area (Å²) in [6, 6.07) is 0. The highest BCUT2D eigenvalue weighted by Crippen LogP contribution is 2.25. The Kier molecular flexibility index (Phi) is 4.24. The lowest BCUT2D eigenvalue weighted by molar-refractivity contribution is 0.373. The highest BCUT2D eigenvalue weighted by Gasteiger charge is 2.14. The van der Waals surface area contributed by atoms with Crippen molar-refractivity contribution in [1.82, 2.24) is 9.97 Å². The molecule has 1 aromatic rings. The Hall–Kier alpha value is -0.540. The topological polar surface area (TPSA) is 37.8 Å². The number of rotatable bonds is 3. The van der Waals surface area contributed by atoms with Crippen molar-refractivity contribution in [2.24, 2.45) is 5.92 Å². The van der Waals surface area contributed by atoms with Gasteiger partial charge < -0.3 is 5.32 Å². The normalized spacial score (nSPS) is 17.4. The summed E-state index contributed by atoms with van der Waals surface area (Å²) in [5, 5.41) is 4.02. The van der Waals surface area contributed by atoms with Crippen LogP contribution in [0.15, 0.2) is 6.20 Å². The van der Waals surface area contributed by atoms with Gasteiger partial charge in [-0.1, -0.05) is 30.9 Å². The first-order chi connectivity index (χ1) is 7.75. The summed E-state index contributed by atoms with van der Waals surface area (Å²) in [6.45, 7) is 0.924. The van der Waals surface area contributed by atoms with Gasteiger partial charge in [-0.05, 0) is 30.4 Å². The minimum atomic E-state index is 0.232. The molecule has 1 aliphatic carbocycles. The molecule has 1 fully saturated rings. The second kappa shape index (κ2) is 5.69. The molecule has 0 atom stereocenters. The van der Waals surface area contributed by atoms with E-state index >= 15 is 0 Å². The lowest BCUT2D eigenvalue weighted by Crippen LogP contribution is -2.17. The third-order valence-electron chi connectivity index (χ3n) is 3.00. The van der Waals surface area contributed by atoms with Gasteiger partial charge in [0.15, 0.2) is 0 Å². The number of anilines is 1. The fraction of sp³-hybridized carbons (Fsp3) is 0.636. The molecule has 16 heavy (non-hydrogen) atoms. The van der Waals surface area contributed by atoms with Crippen molar-refractivity contribution >= 4 is 29.0 Å². The van der Waals surface area contributed by atoms with Crippen LogP contribution in [-0.4, -0.2) is 16.5 Å². The van der Waals surface area contributed by atoms with Crippen LogP contribution in [0.4, 0.5) is 5.82 Å². The summed E-state index contributed by atoms with van der Waals surface area (Å²) in [4.78, 5) is 7.88. The Bertz CT molecular complexity index is 351. The molecule has 1 saturated carbocycles. The van der Waals surface area contributed by atoms with E-state index in [2.05, 4.69) is 15.3 Å². The Morgan fingerprint density at radius 2 is 2.00 bits per heavy atom. The minimum Gasteiger partial charge on any atom is -0.368 e. The molecule has 0 bridgehead atoms. The average molecular weight is 260 g/mol. The highest BCUT2D eigenvalue weighted by molar-refractivity contribution is 6.33. The fourth-order valence-corrected chi connectivity index (χ4v) is 2.39. The van der Waals surface area contributed by atoms with E-state index in [1.807, 2.05) is 0 Å². The van der Waals surface area contributed by atoms with Crippen LogP contribution >= 0.6 is 23.2 Å². The van der Waals surface area contributed by atoms with Crippen LogP contribution in [0, 0.1) is 5.92 Å². The Labute approximate surface area is 106 Å². The molecule has 5 heteroatoms. The van der Waals surface area contributed by atoms with Crippen molar-refractivity contribution in [1.29, 1.82) is 0 Å². The first kappa shape index (κ1) is 11.9. The fourth-order valence-electron chi connectivity index (χ4n) is 2.10. The highest BCUT2D eigenvalue weighted by atomic mass is 35.5. The van der Waals surface area contributed by atoms with E-state index in [9.17, 15) is 0 Å². The predicted octanol–water partition coefficient (Wildman–Crippen LogP) is 3.78. The molecule has 1 aliphatic rings. The molecule has 1 aromatic heterocycles. The molecule has 0 amide bonds. The van der Waals surface area contributed by atoms with E-state index in [-0.39, 0.29) is 5.28 Å². The maximum Gasteiger partial charge on any atom is 0.224 e. The molecule has 0 spiro atoms. The van der Waals surface area contributed by atoms with E-state index < -0.39 is 0 Å². The van der Waals surface area contributed by atoms with E-state index in [4.69, 9.17) is 23.2 Å². The van der Waals surface area contributed by atoms with Crippen LogP contribution < -0.4 is 5.32 Å². The van der Waals surface area contributed by atoms with Crippen molar-refractivity contribution < 1.29 is 0 Å². The average Bonchev–Trinajstić information content (AvgIpc) is 2.32. The maximum atomic E-state index is 5.97. The quantitative estimate of drug-likeness (QED) is 0.840. The van der Waals surface area contributed by atoms with E-state index in [1.54, 1.807) is 0 Å². The zero-order chi connectivity index (χ0) is 11.4. The first-order valence-electron chi connectivity index (χ1n) is 5.67. The number of hydrogen-bond acceptors (Lipinski definition) is 3. The van der Waals surface area contributed by atoms with Gasteiger partial charge in [-0.2, -0.15) is 4.98 Å². The summed E-state index contributed by atoms with van der Waals surface area (Å²) in [7, 11) is 0. The summed E-state index contributed by atoms with van der Waals surface area (Å²) in [5.74, 6) is 1.38. The number of nitrogens with one attached hydrogen (secondary N) is 1. The van der Waals surface area contributed by atoms with Gasteiger partial charge in [-0.25, -0.2) is 4.98 Å². The molecule has 1 N–H and O–H groups in total. The lowest BCUT2D eigenvalue weighted by Gasteiger charge is -2.22. The third-order valence-corrected chi connectivity index (χ3v) is 3.46. The van der Waals surface area contributed by atoms with E-state index in [0.29, 0.717) is 10.8 Å². The maximum absolute atomic E-state index is 5.97. The number of halogens is 2. The molecule has 0 unspecified atom stereocenters. The molecular weight excluding hydrogens is 245 g/mol. The molecule has 88 valence electrons. The minimum absolute atomic E-state index is 0.232. The predicted molar refractivity (Wildman–Crippen MR) is 67.1 cm³/mol. The molecule has 3 nitrogen and oxygen atoms in total. The zero-order valence-corrected chi connectivity index (χ0v) is 10.6.